The summed E-state index contributed by atoms with van der Waals surface area (Å²) in [7, 11) is 0. The molecule has 7 aromatic carbocycles. The Morgan fingerprint density at radius 2 is 1.20 bits per heavy atom. The molecule has 3 nitrogen and oxygen atoms in total. The predicted molar refractivity (Wildman–Crippen MR) is 188 cm³/mol. The third kappa shape index (κ3) is 4.39. The average molecular weight is 585 g/mol. The van der Waals surface area contributed by atoms with Gasteiger partial charge in [-0.1, -0.05) is 109 Å². The lowest BCUT2D eigenvalue weighted by atomic mass is 9.94. The number of hydrogen-bond acceptors (Lipinski definition) is 4. The summed E-state index contributed by atoms with van der Waals surface area (Å²) in [4.78, 5) is 3.08. The van der Waals surface area contributed by atoms with Crippen molar-refractivity contribution >= 4 is 68.1 Å². The molecule has 2 N–H and O–H groups in total. The smallest absolute Gasteiger partial charge is 0.137 e. The van der Waals surface area contributed by atoms with Gasteiger partial charge in [0.1, 0.15) is 11.2 Å². The van der Waals surface area contributed by atoms with Gasteiger partial charge < -0.3 is 15.1 Å². The lowest BCUT2D eigenvalue weighted by molar-refractivity contribution is 0.669. The van der Waals surface area contributed by atoms with E-state index in [4.69, 9.17) is 10.2 Å². The molecule has 0 aliphatic rings. The number of rotatable bonds is 5. The van der Waals surface area contributed by atoms with Gasteiger partial charge in [-0.3, -0.25) is 0 Å². The second kappa shape index (κ2) is 10.7. The minimum atomic E-state index is 0.593. The average Bonchev–Trinajstić information content (AvgIpc) is 3.43. The molecular weight excluding hydrogens is 557 g/mol. The molecule has 0 radical (unpaired) electrons. The Bertz CT molecular complexity index is 2290. The van der Waals surface area contributed by atoms with E-state index in [2.05, 4.69) is 145 Å². The zero-order valence-corrected chi connectivity index (χ0v) is 24.7. The first kappa shape index (κ1) is 26.2. The van der Waals surface area contributed by atoms with Crippen molar-refractivity contribution < 1.29 is 4.42 Å². The van der Waals surface area contributed by atoms with Gasteiger partial charge >= 0.3 is 0 Å². The number of furan rings is 1. The first-order chi connectivity index (χ1) is 21.7. The second-order valence-corrected chi connectivity index (χ2v) is 11.4. The Hall–Kier alpha value is -5.45. The number of nitrogens with two attached hydrogens (primary N) is 1. The van der Waals surface area contributed by atoms with Crippen LogP contribution in [0.2, 0.25) is 0 Å². The van der Waals surface area contributed by atoms with Gasteiger partial charge in [0.2, 0.25) is 0 Å². The summed E-state index contributed by atoms with van der Waals surface area (Å²) in [6.45, 7) is 0. The molecule has 0 unspecified atom stereocenters. The van der Waals surface area contributed by atoms with Crippen LogP contribution < -0.4 is 10.6 Å². The standard InChI is InChI=1S/C40H28N2OS/c41-33-25-37-32(24-38(33)44)40-34(16-9-17-36(40)43-37)42(30-21-18-27(19-22-30)26-10-3-1-4-11-26)35-23-20-28-12-7-8-15-31(28)39(35)29-13-5-2-6-14-29/h1-25,44H,41H2. The van der Waals surface area contributed by atoms with Gasteiger partial charge in [-0.25, -0.2) is 0 Å². The van der Waals surface area contributed by atoms with Crippen LogP contribution in [-0.4, -0.2) is 0 Å². The predicted octanol–water partition coefficient (Wildman–Crippen LogP) is 11.4. The van der Waals surface area contributed by atoms with E-state index in [9.17, 15) is 0 Å². The van der Waals surface area contributed by atoms with Crippen LogP contribution in [0.5, 0.6) is 0 Å². The molecule has 0 bridgehead atoms. The van der Waals surface area contributed by atoms with Gasteiger partial charge in [-0.05, 0) is 63.9 Å². The van der Waals surface area contributed by atoms with Gasteiger partial charge in [-0.2, -0.15) is 0 Å². The number of anilines is 4. The van der Waals surface area contributed by atoms with Crippen LogP contribution in [0.15, 0.2) is 161 Å². The van der Waals surface area contributed by atoms with Gasteiger partial charge in [0.25, 0.3) is 0 Å². The number of nitrogen functional groups attached to an aromatic ring is 1. The minimum Gasteiger partial charge on any atom is -0.456 e. The Labute approximate surface area is 261 Å². The molecule has 0 atom stereocenters. The molecule has 0 saturated heterocycles. The third-order valence-electron chi connectivity index (χ3n) is 8.31. The first-order valence-electron chi connectivity index (χ1n) is 14.6. The molecule has 4 heteroatoms. The van der Waals surface area contributed by atoms with E-state index in [0.717, 1.165) is 49.5 Å². The van der Waals surface area contributed by atoms with E-state index >= 15 is 0 Å². The van der Waals surface area contributed by atoms with E-state index in [1.54, 1.807) is 0 Å². The number of hydrogen-bond donors (Lipinski definition) is 2. The summed E-state index contributed by atoms with van der Waals surface area (Å²) in [6, 6.07) is 53.1. The van der Waals surface area contributed by atoms with Crippen molar-refractivity contribution in [1.29, 1.82) is 0 Å². The van der Waals surface area contributed by atoms with Crippen LogP contribution in [-0.2, 0) is 0 Å². The van der Waals surface area contributed by atoms with Crippen LogP contribution in [0.3, 0.4) is 0 Å². The summed E-state index contributed by atoms with van der Waals surface area (Å²) in [5.74, 6) is 0. The molecular formula is C40H28N2OS. The Morgan fingerprint density at radius 3 is 1.98 bits per heavy atom. The highest BCUT2D eigenvalue weighted by atomic mass is 32.1. The SMILES string of the molecule is Nc1cc2oc3cccc(N(c4ccc(-c5ccccc5)cc4)c4ccc5ccccc5c4-c4ccccc4)c3c2cc1S. The Balaban J connectivity index is 1.45. The van der Waals surface area contributed by atoms with Crippen LogP contribution in [0.1, 0.15) is 0 Å². The highest BCUT2D eigenvalue weighted by Crippen LogP contribution is 2.48. The van der Waals surface area contributed by atoms with Crippen LogP contribution >= 0.6 is 12.6 Å². The molecule has 0 aliphatic carbocycles. The number of benzene rings is 7. The molecule has 8 rings (SSSR count). The van der Waals surface area contributed by atoms with Crippen molar-refractivity contribution in [2.45, 2.75) is 4.90 Å². The monoisotopic (exact) mass is 584 g/mol. The highest BCUT2D eigenvalue weighted by Gasteiger charge is 2.23. The van der Waals surface area contributed by atoms with E-state index in [-0.39, 0.29) is 0 Å². The van der Waals surface area contributed by atoms with Crippen molar-refractivity contribution in [3.8, 4) is 22.3 Å². The largest absolute Gasteiger partial charge is 0.456 e. The Morgan fingerprint density at radius 1 is 0.523 bits per heavy atom. The summed E-state index contributed by atoms with van der Waals surface area (Å²) < 4.78 is 6.37. The minimum absolute atomic E-state index is 0.593. The van der Waals surface area contributed by atoms with E-state index in [1.165, 1.54) is 27.5 Å². The van der Waals surface area contributed by atoms with E-state index in [0.29, 0.717) is 5.69 Å². The second-order valence-electron chi connectivity index (χ2n) is 11.0. The Kier molecular flexibility index (Phi) is 6.36. The van der Waals surface area contributed by atoms with Crippen molar-refractivity contribution in [3.63, 3.8) is 0 Å². The van der Waals surface area contributed by atoms with Crippen molar-refractivity contribution in [3.05, 3.63) is 152 Å². The maximum absolute atomic E-state index is 6.37. The van der Waals surface area contributed by atoms with Crippen LogP contribution in [0.4, 0.5) is 22.7 Å². The topological polar surface area (TPSA) is 42.4 Å². The van der Waals surface area contributed by atoms with Crippen molar-refractivity contribution in [2.24, 2.45) is 0 Å². The molecule has 0 aliphatic heterocycles. The first-order valence-corrected chi connectivity index (χ1v) is 15.1. The van der Waals surface area contributed by atoms with Crippen molar-refractivity contribution in [1.82, 2.24) is 0 Å². The number of fused-ring (bicyclic) bond motifs is 4. The lowest BCUT2D eigenvalue weighted by Crippen LogP contribution is -2.12. The van der Waals surface area contributed by atoms with Crippen LogP contribution in [0, 0.1) is 0 Å². The van der Waals surface area contributed by atoms with Gasteiger partial charge in [0.05, 0.1) is 16.8 Å². The third-order valence-corrected chi connectivity index (χ3v) is 8.69. The van der Waals surface area contributed by atoms with Crippen molar-refractivity contribution in [2.75, 3.05) is 10.6 Å². The summed E-state index contributed by atoms with van der Waals surface area (Å²) >= 11 is 4.67. The normalized spacial score (nSPS) is 11.4. The van der Waals surface area contributed by atoms with E-state index < -0.39 is 0 Å². The fourth-order valence-electron chi connectivity index (χ4n) is 6.24. The zero-order chi connectivity index (χ0) is 29.6. The molecule has 0 saturated carbocycles. The molecule has 0 amide bonds. The van der Waals surface area contributed by atoms with Gasteiger partial charge in [0.15, 0.2) is 0 Å². The fraction of sp³-hybridized carbons (Fsp3) is 0. The number of thiol groups is 1. The van der Waals surface area contributed by atoms with Gasteiger partial charge in [-0.15, -0.1) is 12.6 Å². The van der Waals surface area contributed by atoms with E-state index in [1.807, 2.05) is 24.3 Å². The summed E-state index contributed by atoms with van der Waals surface area (Å²) in [5.41, 5.74) is 16.2. The molecule has 0 fully saturated rings. The quantitative estimate of drug-likeness (QED) is 0.156. The lowest BCUT2D eigenvalue weighted by Gasteiger charge is -2.29. The molecule has 1 heterocycles. The number of nitrogens with zero attached hydrogens (tertiary/aromatic N) is 1. The molecule has 8 aromatic rings. The molecule has 210 valence electrons. The fourth-order valence-corrected chi connectivity index (χ4v) is 6.43. The molecule has 1 aromatic heterocycles. The zero-order valence-electron chi connectivity index (χ0n) is 23.8. The summed E-state index contributed by atoms with van der Waals surface area (Å²) in [5, 5.41) is 4.37. The maximum Gasteiger partial charge on any atom is 0.137 e. The maximum atomic E-state index is 6.37. The van der Waals surface area contributed by atoms with Gasteiger partial charge in [0, 0.05) is 33.3 Å². The highest BCUT2D eigenvalue weighted by molar-refractivity contribution is 7.80. The summed E-state index contributed by atoms with van der Waals surface area (Å²) in [6.07, 6.45) is 0. The molecule has 44 heavy (non-hydrogen) atoms. The van der Waals surface area contributed by atoms with Crippen LogP contribution in [0.25, 0.3) is 55.0 Å². The molecule has 0 spiro atoms.